The van der Waals surface area contributed by atoms with Crippen molar-refractivity contribution in [2.45, 2.75) is 18.9 Å². The van der Waals surface area contributed by atoms with E-state index in [2.05, 4.69) is 9.89 Å². The Morgan fingerprint density at radius 2 is 2.17 bits per heavy atom. The molecule has 1 saturated carbocycles. The molecular formula is C13H15ClFN3. The van der Waals surface area contributed by atoms with Gasteiger partial charge in [-0.2, -0.15) is 0 Å². The highest BCUT2D eigenvalue weighted by Crippen LogP contribution is 2.35. The molecule has 0 bridgehead atoms. The van der Waals surface area contributed by atoms with Gasteiger partial charge < -0.3 is 10.6 Å². The van der Waals surface area contributed by atoms with Crippen molar-refractivity contribution in [3.05, 3.63) is 34.6 Å². The van der Waals surface area contributed by atoms with E-state index in [-0.39, 0.29) is 11.9 Å². The van der Waals surface area contributed by atoms with Crippen molar-refractivity contribution in [3.63, 3.8) is 0 Å². The predicted octanol–water partition coefficient (Wildman–Crippen LogP) is 2.56. The molecule has 1 fully saturated rings. The topological polar surface area (TPSA) is 41.6 Å². The van der Waals surface area contributed by atoms with Crippen molar-refractivity contribution >= 4 is 17.6 Å². The van der Waals surface area contributed by atoms with Gasteiger partial charge in [-0.05, 0) is 42.5 Å². The zero-order chi connectivity index (χ0) is 12.7. The fraction of sp³-hybridized carbons (Fsp3) is 0.462. The van der Waals surface area contributed by atoms with E-state index in [1.54, 1.807) is 6.07 Å². The highest BCUT2D eigenvalue weighted by molar-refractivity contribution is 6.30. The molecule has 1 atom stereocenters. The molecule has 0 saturated heterocycles. The third-order valence-corrected chi connectivity index (χ3v) is 3.74. The fourth-order valence-electron chi connectivity index (χ4n) is 2.38. The van der Waals surface area contributed by atoms with Crippen molar-refractivity contribution in [1.82, 2.24) is 4.90 Å². The zero-order valence-electron chi connectivity index (χ0n) is 9.94. The molecule has 2 aliphatic rings. The van der Waals surface area contributed by atoms with Gasteiger partial charge in [-0.25, -0.2) is 4.39 Å². The van der Waals surface area contributed by atoms with Crippen LogP contribution in [-0.4, -0.2) is 23.9 Å². The van der Waals surface area contributed by atoms with Crippen LogP contribution in [-0.2, 0) is 0 Å². The van der Waals surface area contributed by atoms with Crippen LogP contribution in [0.3, 0.4) is 0 Å². The molecule has 0 radical (unpaired) electrons. The van der Waals surface area contributed by atoms with Crippen LogP contribution < -0.4 is 5.73 Å². The molecule has 3 rings (SSSR count). The Balaban J connectivity index is 1.85. The van der Waals surface area contributed by atoms with Gasteiger partial charge in [-0.3, -0.25) is 4.99 Å². The van der Waals surface area contributed by atoms with E-state index in [0.29, 0.717) is 23.4 Å². The second-order valence-corrected chi connectivity index (χ2v) is 5.45. The molecular weight excluding hydrogens is 253 g/mol. The van der Waals surface area contributed by atoms with Gasteiger partial charge in [0.2, 0.25) is 0 Å². The average Bonchev–Trinajstić information content (AvgIpc) is 3.03. The first kappa shape index (κ1) is 11.8. The van der Waals surface area contributed by atoms with E-state index in [4.69, 9.17) is 17.3 Å². The van der Waals surface area contributed by atoms with Crippen LogP contribution in [0.5, 0.6) is 0 Å². The summed E-state index contributed by atoms with van der Waals surface area (Å²) in [5.74, 6) is 0.963. The van der Waals surface area contributed by atoms with E-state index >= 15 is 0 Å². The number of nitrogens with two attached hydrogens (primary N) is 1. The Bertz CT molecular complexity index is 479. The van der Waals surface area contributed by atoms with Crippen LogP contribution in [0.4, 0.5) is 4.39 Å². The smallest absolute Gasteiger partial charge is 0.191 e. The highest BCUT2D eigenvalue weighted by atomic mass is 35.5. The molecule has 5 heteroatoms. The van der Waals surface area contributed by atoms with E-state index in [9.17, 15) is 4.39 Å². The number of aliphatic imine (C=N–C) groups is 1. The quantitative estimate of drug-likeness (QED) is 0.915. The number of hydrogen-bond donors (Lipinski definition) is 1. The Morgan fingerprint density at radius 1 is 1.39 bits per heavy atom. The van der Waals surface area contributed by atoms with E-state index in [1.807, 2.05) is 0 Å². The van der Waals surface area contributed by atoms with Gasteiger partial charge in [0.05, 0.1) is 12.6 Å². The summed E-state index contributed by atoms with van der Waals surface area (Å²) in [5, 5.41) is 0.418. The maximum atomic E-state index is 13.4. The highest BCUT2D eigenvalue weighted by Gasteiger charge is 2.33. The largest absolute Gasteiger partial charge is 0.370 e. The lowest BCUT2D eigenvalue weighted by molar-refractivity contribution is 0.333. The second kappa shape index (κ2) is 4.43. The SMILES string of the molecule is NC1=NCC(c2cc(F)cc(Cl)c2)N1CC1CC1. The predicted molar refractivity (Wildman–Crippen MR) is 70.1 cm³/mol. The molecule has 1 aliphatic heterocycles. The summed E-state index contributed by atoms with van der Waals surface area (Å²) < 4.78 is 13.4. The van der Waals surface area contributed by atoms with Crippen LogP contribution in [0.2, 0.25) is 5.02 Å². The first-order chi connectivity index (χ1) is 8.63. The second-order valence-electron chi connectivity index (χ2n) is 5.01. The summed E-state index contributed by atoms with van der Waals surface area (Å²) in [6.07, 6.45) is 2.50. The minimum absolute atomic E-state index is 0.0267. The molecule has 0 amide bonds. The lowest BCUT2D eigenvalue weighted by Gasteiger charge is -2.26. The van der Waals surface area contributed by atoms with Crippen LogP contribution in [0.15, 0.2) is 23.2 Å². The third-order valence-electron chi connectivity index (χ3n) is 3.52. The monoisotopic (exact) mass is 267 g/mol. The first-order valence-corrected chi connectivity index (χ1v) is 6.54. The summed E-state index contributed by atoms with van der Waals surface area (Å²) in [6.45, 7) is 1.49. The summed E-state index contributed by atoms with van der Waals surface area (Å²) in [5.41, 5.74) is 6.76. The van der Waals surface area contributed by atoms with Crippen molar-refractivity contribution in [1.29, 1.82) is 0 Å². The lowest BCUT2D eigenvalue weighted by Crippen LogP contribution is -2.37. The maximum Gasteiger partial charge on any atom is 0.191 e. The van der Waals surface area contributed by atoms with Crippen LogP contribution in [0.25, 0.3) is 0 Å². The number of nitrogens with zero attached hydrogens (tertiary/aromatic N) is 2. The van der Waals surface area contributed by atoms with Crippen LogP contribution >= 0.6 is 11.6 Å². The molecule has 96 valence electrons. The van der Waals surface area contributed by atoms with Gasteiger partial charge in [0.1, 0.15) is 5.82 Å². The van der Waals surface area contributed by atoms with Gasteiger partial charge in [0.25, 0.3) is 0 Å². The average molecular weight is 268 g/mol. The van der Waals surface area contributed by atoms with Crippen LogP contribution in [0.1, 0.15) is 24.4 Å². The number of guanidine groups is 1. The molecule has 3 nitrogen and oxygen atoms in total. The van der Waals surface area contributed by atoms with Crippen molar-refractivity contribution in [3.8, 4) is 0 Å². The maximum absolute atomic E-state index is 13.4. The molecule has 1 aliphatic carbocycles. The number of hydrogen-bond acceptors (Lipinski definition) is 3. The van der Waals surface area contributed by atoms with Gasteiger partial charge in [-0.15, -0.1) is 0 Å². The van der Waals surface area contributed by atoms with Crippen molar-refractivity contribution in [2.24, 2.45) is 16.6 Å². The third kappa shape index (κ3) is 2.29. The van der Waals surface area contributed by atoms with Gasteiger partial charge >= 0.3 is 0 Å². The Hall–Kier alpha value is -1.29. The Morgan fingerprint density at radius 3 is 2.83 bits per heavy atom. The standard InChI is InChI=1S/C13H15ClFN3/c14-10-3-9(4-11(15)5-10)12-6-17-13(16)18(12)7-8-1-2-8/h3-5,8,12H,1-2,6-7H2,(H2,16,17). The fourth-order valence-corrected chi connectivity index (χ4v) is 2.61. The normalized spacial score (nSPS) is 23.3. The molecule has 2 N–H and O–H groups in total. The van der Waals surface area contributed by atoms with Gasteiger partial charge in [-0.1, -0.05) is 11.6 Å². The molecule has 18 heavy (non-hydrogen) atoms. The Labute approximate surface area is 110 Å². The zero-order valence-corrected chi connectivity index (χ0v) is 10.7. The molecule has 0 aromatic heterocycles. The van der Waals surface area contributed by atoms with Gasteiger partial charge in [0.15, 0.2) is 5.96 Å². The molecule has 0 spiro atoms. The number of halogens is 2. The van der Waals surface area contributed by atoms with Crippen molar-refractivity contribution in [2.75, 3.05) is 13.1 Å². The van der Waals surface area contributed by atoms with Crippen molar-refractivity contribution < 1.29 is 4.39 Å². The van der Waals surface area contributed by atoms with E-state index in [0.717, 1.165) is 12.1 Å². The van der Waals surface area contributed by atoms with Gasteiger partial charge in [0, 0.05) is 11.6 Å². The number of benzene rings is 1. The lowest BCUT2D eigenvalue weighted by atomic mass is 10.1. The minimum Gasteiger partial charge on any atom is -0.370 e. The summed E-state index contributed by atoms with van der Waals surface area (Å²) in [7, 11) is 0. The van der Waals surface area contributed by atoms with E-state index < -0.39 is 0 Å². The summed E-state index contributed by atoms with van der Waals surface area (Å²) in [6, 6.07) is 4.65. The molecule has 1 unspecified atom stereocenters. The minimum atomic E-state index is -0.311. The molecule has 1 aromatic rings. The Kier molecular flexibility index (Phi) is 2.90. The number of rotatable bonds is 3. The van der Waals surface area contributed by atoms with E-state index in [1.165, 1.54) is 25.0 Å². The first-order valence-electron chi connectivity index (χ1n) is 6.16. The summed E-state index contributed by atoms with van der Waals surface area (Å²) in [4.78, 5) is 6.34. The molecule has 1 heterocycles. The van der Waals surface area contributed by atoms with Crippen LogP contribution in [0, 0.1) is 11.7 Å². The summed E-state index contributed by atoms with van der Waals surface area (Å²) >= 11 is 5.90. The molecule has 1 aromatic carbocycles.